The highest BCUT2D eigenvalue weighted by Crippen LogP contribution is 2.36. The van der Waals surface area contributed by atoms with Crippen molar-refractivity contribution in [3.05, 3.63) is 29.1 Å². The fourth-order valence-corrected chi connectivity index (χ4v) is 1.30. The summed E-state index contributed by atoms with van der Waals surface area (Å²) in [5.41, 5.74) is 4.70. The first-order valence-electron chi connectivity index (χ1n) is 4.53. The molecule has 3 nitrogen and oxygen atoms in total. The van der Waals surface area contributed by atoms with Crippen molar-refractivity contribution in [3.8, 4) is 5.75 Å². The summed E-state index contributed by atoms with van der Waals surface area (Å²) in [6, 6.07) is 0.104. The van der Waals surface area contributed by atoms with Crippen LogP contribution >= 0.6 is 0 Å². The minimum Gasteiger partial charge on any atom is -0.507 e. The highest BCUT2D eigenvalue weighted by molar-refractivity contribution is 5.43. The number of nitrogens with two attached hydrogens (primary N) is 1. The van der Waals surface area contributed by atoms with Gasteiger partial charge in [0.2, 0.25) is 0 Å². The Morgan fingerprint density at radius 1 is 1.44 bits per heavy atom. The molecule has 1 aromatic carbocycles. The van der Waals surface area contributed by atoms with Crippen LogP contribution in [0.3, 0.4) is 0 Å². The molecule has 16 heavy (non-hydrogen) atoms. The number of aliphatic hydroxyl groups excluding tert-OH is 1. The first-order chi connectivity index (χ1) is 7.31. The van der Waals surface area contributed by atoms with Crippen LogP contribution in [0.15, 0.2) is 12.1 Å². The number of halogens is 3. The second-order valence-electron chi connectivity index (χ2n) is 3.52. The zero-order valence-corrected chi connectivity index (χ0v) is 8.54. The zero-order valence-electron chi connectivity index (χ0n) is 8.54. The van der Waals surface area contributed by atoms with Gasteiger partial charge < -0.3 is 15.9 Å². The van der Waals surface area contributed by atoms with Gasteiger partial charge in [-0.1, -0.05) is 6.07 Å². The van der Waals surface area contributed by atoms with E-state index in [1.165, 1.54) is 13.0 Å². The number of phenolic OH excluding ortho intramolecular Hbond substituents is 1. The fraction of sp³-hybridized carbons (Fsp3) is 0.400. The molecule has 90 valence electrons. The second kappa shape index (κ2) is 4.31. The average molecular weight is 235 g/mol. The summed E-state index contributed by atoms with van der Waals surface area (Å²) in [6.07, 6.45) is 0. The third kappa shape index (κ3) is 2.12. The van der Waals surface area contributed by atoms with Crippen molar-refractivity contribution >= 4 is 0 Å². The van der Waals surface area contributed by atoms with Crippen molar-refractivity contribution in [2.24, 2.45) is 5.73 Å². The molecule has 0 unspecified atom stereocenters. The standard InChI is InChI=1S/C10H12F3NO2/c1-5-2-3-6(11)7(8(5)16)9(14)10(12,13)4-15/h2-3,9,15-16H,4,14H2,1H3/t9-/m0/s1. The van der Waals surface area contributed by atoms with Gasteiger partial charge in [-0.2, -0.15) is 0 Å². The fourth-order valence-electron chi connectivity index (χ4n) is 1.30. The topological polar surface area (TPSA) is 66.5 Å². The van der Waals surface area contributed by atoms with E-state index in [0.29, 0.717) is 0 Å². The summed E-state index contributed by atoms with van der Waals surface area (Å²) in [5, 5.41) is 17.9. The Morgan fingerprint density at radius 2 is 2.00 bits per heavy atom. The van der Waals surface area contributed by atoms with E-state index in [9.17, 15) is 18.3 Å². The van der Waals surface area contributed by atoms with Gasteiger partial charge in [0.05, 0.1) is 5.56 Å². The number of phenols is 1. The number of aliphatic hydroxyl groups is 1. The Bertz CT molecular complexity index is 396. The lowest BCUT2D eigenvalue weighted by atomic mass is 9.98. The minimum absolute atomic E-state index is 0.237. The summed E-state index contributed by atoms with van der Waals surface area (Å²) in [5.74, 6) is -5.32. The molecule has 1 atom stereocenters. The maximum atomic E-state index is 13.3. The summed E-state index contributed by atoms with van der Waals surface area (Å²) >= 11 is 0. The van der Waals surface area contributed by atoms with Crippen LogP contribution in [0.1, 0.15) is 17.2 Å². The van der Waals surface area contributed by atoms with E-state index in [-0.39, 0.29) is 5.56 Å². The van der Waals surface area contributed by atoms with Gasteiger partial charge in [-0.15, -0.1) is 0 Å². The molecule has 0 aliphatic heterocycles. The van der Waals surface area contributed by atoms with Crippen molar-refractivity contribution in [3.63, 3.8) is 0 Å². The Hall–Kier alpha value is -1.27. The molecule has 6 heteroatoms. The van der Waals surface area contributed by atoms with Crippen LogP contribution in [0.2, 0.25) is 0 Å². The van der Waals surface area contributed by atoms with Gasteiger partial charge in [0.25, 0.3) is 5.92 Å². The lowest BCUT2D eigenvalue weighted by Gasteiger charge is -2.23. The highest BCUT2D eigenvalue weighted by atomic mass is 19.3. The smallest absolute Gasteiger partial charge is 0.289 e. The zero-order chi connectivity index (χ0) is 12.5. The summed E-state index contributed by atoms with van der Waals surface area (Å²) in [6.45, 7) is -0.0803. The van der Waals surface area contributed by atoms with Gasteiger partial charge in [-0.3, -0.25) is 0 Å². The molecule has 0 aromatic heterocycles. The molecule has 0 radical (unpaired) electrons. The van der Waals surface area contributed by atoms with E-state index in [1.807, 2.05) is 0 Å². The van der Waals surface area contributed by atoms with Crippen molar-refractivity contribution in [1.29, 1.82) is 0 Å². The van der Waals surface area contributed by atoms with Crippen molar-refractivity contribution in [2.75, 3.05) is 6.61 Å². The lowest BCUT2D eigenvalue weighted by Crippen LogP contribution is -2.36. The van der Waals surface area contributed by atoms with Crippen LogP contribution in [0.25, 0.3) is 0 Å². The molecule has 0 saturated carbocycles. The average Bonchev–Trinajstić information content (AvgIpc) is 2.24. The molecule has 0 fully saturated rings. The van der Waals surface area contributed by atoms with E-state index < -0.39 is 35.7 Å². The van der Waals surface area contributed by atoms with Crippen LogP contribution in [0, 0.1) is 12.7 Å². The van der Waals surface area contributed by atoms with Crippen LogP contribution in [-0.4, -0.2) is 22.7 Å². The Morgan fingerprint density at radius 3 is 2.50 bits per heavy atom. The predicted molar refractivity (Wildman–Crippen MR) is 51.8 cm³/mol. The van der Waals surface area contributed by atoms with Crippen molar-refractivity contribution in [1.82, 2.24) is 0 Å². The van der Waals surface area contributed by atoms with Gasteiger partial charge in [-0.05, 0) is 18.6 Å². The summed E-state index contributed by atoms with van der Waals surface area (Å²) < 4.78 is 39.4. The molecule has 0 heterocycles. The molecule has 1 rings (SSSR count). The molecule has 1 aromatic rings. The largest absolute Gasteiger partial charge is 0.507 e. The predicted octanol–water partition coefficient (Wildman–Crippen LogP) is 1.47. The minimum atomic E-state index is -3.69. The highest BCUT2D eigenvalue weighted by Gasteiger charge is 2.40. The third-order valence-corrected chi connectivity index (χ3v) is 2.34. The van der Waals surface area contributed by atoms with E-state index in [0.717, 1.165) is 6.07 Å². The van der Waals surface area contributed by atoms with Crippen molar-refractivity contribution < 1.29 is 23.4 Å². The Kier molecular flexibility index (Phi) is 3.44. The first-order valence-corrected chi connectivity index (χ1v) is 4.53. The number of aromatic hydroxyl groups is 1. The Balaban J connectivity index is 3.28. The molecule has 0 spiro atoms. The number of benzene rings is 1. The van der Waals surface area contributed by atoms with Gasteiger partial charge in [0.1, 0.15) is 24.2 Å². The van der Waals surface area contributed by atoms with E-state index in [2.05, 4.69) is 0 Å². The number of hydrogen-bond donors (Lipinski definition) is 3. The van der Waals surface area contributed by atoms with Crippen LogP contribution in [0.5, 0.6) is 5.75 Å². The van der Waals surface area contributed by atoms with Crippen molar-refractivity contribution in [2.45, 2.75) is 18.9 Å². The second-order valence-corrected chi connectivity index (χ2v) is 3.52. The molecule has 0 amide bonds. The molecular formula is C10H12F3NO2. The number of hydrogen-bond acceptors (Lipinski definition) is 3. The van der Waals surface area contributed by atoms with Gasteiger partial charge >= 0.3 is 0 Å². The molecule has 4 N–H and O–H groups in total. The van der Waals surface area contributed by atoms with Crippen LogP contribution < -0.4 is 5.73 Å². The maximum Gasteiger partial charge on any atom is 0.289 e. The molecule has 0 aliphatic carbocycles. The first kappa shape index (κ1) is 12.8. The van der Waals surface area contributed by atoms with Crippen LogP contribution in [0.4, 0.5) is 13.2 Å². The van der Waals surface area contributed by atoms with Gasteiger partial charge in [0.15, 0.2) is 0 Å². The van der Waals surface area contributed by atoms with Gasteiger partial charge in [-0.25, -0.2) is 13.2 Å². The van der Waals surface area contributed by atoms with E-state index in [1.54, 1.807) is 0 Å². The molecule has 0 aliphatic rings. The van der Waals surface area contributed by atoms with Crippen LogP contribution in [-0.2, 0) is 0 Å². The summed E-state index contributed by atoms with van der Waals surface area (Å²) in [4.78, 5) is 0. The molecular weight excluding hydrogens is 223 g/mol. The summed E-state index contributed by atoms with van der Waals surface area (Å²) in [7, 11) is 0. The SMILES string of the molecule is Cc1ccc(F)c([C@H](N)C(F)(F)CO)c1O. The lowest BCUT2D eigenvalue weighted by molar-refractivity contribution is -0.0723. The maximum absolute atomic E-state index is 13.3. The molecule has 0 saturated heterocycles. The quantitative estimate of drug-likeness (QED) is 0.743. The number of aryl methyl sites for hydroxylation is 1. The number of alkyl halides is 2. The normalized spacial score (nSPS) is 13.9. The number of rotatable bonds is 3. The van der Waals surface area contributed by atoms with E-state index in [4.69, 9.17) is 10.8 Å². The molecule has 0 bridgehead atoms. The Labute approximate surface area is 90.3 Å². The van der Waals surface area contributed by atoms with Gasteiger partial charge in [0, 0.05) is 0 Å². The van der Waals surface area contributed by atoms with E-state index >= 15 is 0 Å². The third-order valence-electron chi connectivity index (χ3n) is 2.34. The monoisotopic (exact) mass is 235 g/mol.